The van der Waals surface area contributed by atoms with E-state index in [0.717, 1.165) is 11.1 Å². The van der Waals surface area contributed by atoms with Crippen LogP contribution in [-0.4, -0.2) is 28.8 Å². The Balaban J connectivity index is 1.88. The van der Waals surface area contributed by atoms with Crippen molar-refractivity contribution in [2.45, 2.75) is 52.4 Å². The van der Waals surface area contributed by atoms with E-state index in [0.29, 0.717) is 12.1 Å². The number of ether oxygens (including phenoxy) is 2. The van der Waals surface area contributed by atoms with Gasteiger partial charge in [0.15, 0.2) is 0 Å². The summed E-state index contributed by atoms with van der Waals surface area (Å²) in [6.07, 6.45) is 2.67. The number of alkyl carbamates (subject to hydrolysis) is 1. The summed E-state index contributed by atoms with van der Waals surface area (Å²) in [5, 5.41) is 5.51. The van der Waals surface area contributed by atoms with Crippen molar-refractivity contribution in [2.75, 3.05) is 5.32 Å². The van der Waals surface area contributed by atoms with Gasteiger partial charge >= 0.3 is 12.2 Å². The first kappa shape index (κ1) is 21.2. The lowest BCUT2D eigenvalue weighted by molar-refractivity contribution is 0.0635. The average Bonchev–Trinajstić information content (AvgIpc) is 2.61. The SMILES string of the molecule is CC(Cc1cnccc1NC(=O)OC(C)(C)C)NC(=O)OCc1ccccc1. The summed E-state index contributed by atoms with van der Waals surface area (Å²) in [5.41, 5.74) is 1.70. The van der Waals surface area contributed by atoms with E-state index in [1.54, 1.807) is 39.2 Å². The number of carbonyl (C=O) groups excluding carboxylic acids is 2. The van der Waals surface area contributed by atoms with Crippen LogP contribution in [0.4, 0.5) is 15.3 Å². The summed E-state index contributed by atoms with van der Waals surface area (Å²) in [5.74, 6) is 0. The van der Waals surface area contributed by atoms with Gasteiger partial charge in [-0.3, -0.25) is 10.3 Å². The lowest BCUT2D eigenvalue weighted by Gasteiger charge is -2.21. The molecule has 0 saturated heterocycles. The quantitative estimate of drug-likeness (QED) is 0.774. The largest absolute Gasteiger partial charge is 0.445 e. The van der Waals surface area contributed by atoms with Crippen LogP contribution in [0.2, 0.25) is 0 Å². The van der Waals surface area contributed by atoms with Crippen molar-refractivity contribution in [1.82, 2.24) is 10.3 Å². The molecule has 0 aliphatic heterocycles. The number of hydrogen-bond donors (Lipinski definition) is 2. The van der Waals surface area contributed by atoms with Crippen LogP contribution in [0.25, 0.3) is 0 Å². The summed E-state index contributed by atoms with van der Waals surface area (Å²) in [6.45, 7) is 7.46. The Labute approximate surface area is 165 Å². The minimum Gasteiger partial charge on any atom is -0.445 e. The van der Waals surface area contributed by atoms with Gasteiger partial charge < -0.3 is 14.8 Å². The van der Waals surface area contributed by atoms with E-state index in [-0.39, 0.29) is 12.6 Å². The highest BCUT2D eigenvalue weighted by Crippen LogP contribution is 2.17. The van der Waals surface area contributed by atoms with Crippen LogP contribution in [0.5, 0.6) is 0 Å². The normalized spacial score (nSPS) is 12.0. The highest BCUT2D eigenvalue weighted by Gasteiger charge is 2.18. The van der Waals surface area contributed by atoms with E-state index in [9.17, 15) is 9.59 Å². The molecule has 0 bridgehead atoms. The van der Waals surface area contributed by atoms with Crippen LogP contribution in [0.1, 0.15) is 38.8 Å². The van der Waals surface area contributed by atoms with Gasteiger partial charge in [0.05, 0.1) is 5.69 Å². The molecule has 7 heteroatoms. The average molecular weight is 385 g/mol. The summed E-state index contributed by atoms with van der Waals surface area (Å²) in [6, 6.07) is 10.9. The summed E-state index contributed by atoms with van der Waals surface area (Å²) < 4.78 is 10.5. The van der Waals surface area contributed by atoms with Gasteiger partial charge in [0.25, 0.3) is 0 Å². The van der Waals surface area contributed by atoms with Gasteiger partial charge in [-0.25, -0.2) is 9.59 Å². The second-order valence-electron chi connectivity index (χ2n) is 7.47. The van der Waals surface area contributed by atoms with Crippen molar-refractivity contribution in [3.8, 4) is 0 Å². The molecule has 0 aliphatic carbocycles. The van der Waals surface area contributed by atoms with Gasteiger partial charge in [-0.15, -0.1) is 0 Å². The molecule has 2 N–H and O–H groups in total. The molecule has 0 saturated carbocycles. The molecule has 0 spiro atoms. The number of hydrogen-bond acceptors (Lipinski definition) is 5. The van der Waals surface area contributed by atoms with Crippen molar-refractivity contribution in [3.05, 3.63) is 59.9 Å². The van der Waals surface area contributed by atoms with E-state index in [2.05, 4.69) is 15.6 Å². The summed E-state index contributed by atoms with van der Waals surface area (Å²) in [4.78, 5) is 28.1. The fourth-order valence-corrected chi connectivity index (χ4v) is 2.47. The molecule has 1 heterocycles. The smallest absolute Gasteiger partial charge is 0.412 e. The molecule has 150 valence electrons. The Hall–Kier alpha value is -3.09. The Morgan fingerprint density at radius 1 is 1.11 bits per heavy atom. The van der Waals surface area contributed by atoms with E-state index in [4.69, 9.17) is 9.47 Å². The zero-order valence-corrected chi connectivity index (χ0v) is 16.7. The predicted octanol–water partition coefficient (Wildman–Crippen LogP) is 4.29. The van der Waals surface area contributed by atoms with Crippen LogP contribution in [0.3, 0.4) is 0 Å². The molecule has 0 radical (unpaired) electrons. The minimum absolute atomic E-state index is 0.206. The molecule has 1 aromatic heterocycles. The first-order valence-corrected chi connectivity index (χ1v) is 9.13. The van der Waals surface area contributed by atoms with Crippen molar-refractivity contribution < 1.29 is 19.1 Å². The van der Waals surface area contributed by atoms with Gasteiger partial charge in [0.2, 0.25) is 0 Å². The number of benzene rings is 1. The third-order valence-electron chi connectivity index (χ3n) is 3.64. The van der Waals surface area contributed by atoms with Crippen LogP contribution in [-0.2, 0) is 22.5 Å². The third kappa shape index (κ3) is 7.65. The number of carbonyl (C=O) groups is 2. The topological polar surface area (TPSA) is 89.5 Å². The Bertz CT molecular complexity index is 788. The third-order valence-corrected chi connectivity index (χ3v) is 3.64. The Morgan fingerprint density at radius 3 is 2.50 bits per heavy atom. The number of pyridine rings is 1. The maximum Gasteiger partial charge on any atom is 0.412 e. The molecule has 1 aromatic carbocycles. The zero-order chi connectivity index (χ0) is 20.6. The molecule has 2 rings (SSSR count). The Morgan fingerprint density at radius 2 is 1.82 bits per heavy atom. The molecule has 1 atom stereocenters. The van der Waals surface area contributed by atoms with Crippen molar-refractivity contribution in [3.63, 3.8) is 0 Å². The second kappa shape index (κ2) is 9.73. The Kier molecular flexibility index (Phi) is 7.37. The van der Waals surface area contributed by atoms with Crippen molar-refractivity contribution in [2.24, 2.45) is 0 Å². The number of rotatable bonds is 6. The highest BCUT2D eigenvalue weighted by atomic mass is 16.6. The monoisotopic (exact) mass is 385 g/mol. The first-order valence-electron chi connectivity index (χ1n) is 9.13. The van der Waals surface area contributed by atoms with Gasteiger partial charge in [0, 0.05) is 18.4 Å². The standard InChI is InChI=1S/C21H27N3O4/c1-15(23-19(25)27-14-16-8-6-5-7-9-16)12-17-13-22-11-10-18(17)24-20(26)28-21(2,3)4/h5-11,13,15H,12,14H2,1-4H3,(H,23,25)(H,22,24,26). The number of nitrogens with one attached hydrogen (secondary N) is 2. The lowest BCUT2D eigenvalue weighted by atomic mass is 10.1. The molecule has 2 amide bonds. The molecular formula is C21H27N3O4. The van der Waals surface area contributed by atoms with Gasteiger partial charge in [-0.05, 0) is 51.3 Å². The van der Waals surface area contributed by atoms with Crippen molar-refractivity contribution >= 4 is 17.9 Å². The van der Waals surface area contributed by atoms with Gasteiger partial charge in [-0.2, -0.15) is 0 Å². The van der Waals surface area contributed by atoms with Gasteiger partial charge in [-0.1, -0.05) is 30.3 Å². The van der Waals surface area contributed by atoms with Crippen LogP contribution in [0.15, 0.2) is 48.8 Å². The maximum absolute atomic E-state index is 12.0. The molecular weight excluding hydrogens is 358 g/mol. The fraction of sp³-hybridized carbons (Fsp3) is 0.381. The molecule has 2 aromatic rings. The second-order valence-corrected chi connectivity index (χ2v) is 7.47. The fourth-order valence-electron chi connectivity index (χ4n) is 2.47. The van der Waals surface area contributed by atoms with Crippen LogP contribution in [0, 0.1) is 0 Å². The van der Waals surface area contributed by atoms with E-state index in [1.807, 2.05) is 37.3 Å². The molecule has 7 nitrogen and oxygen atoms in total. The molecule has 0 fully saturated rings. The van der Waals surface area contributed by atoms with E-state index in [1.165, 1.54) is 0 Å². The van der Waals surface area contributed by atoms with E-state index >= 15 is 0 Å². The molecule has 28 heavy (non-hydrogen) atoms. The van der Waals surface area contributed by atoms with Crippen molar-refractivity contribution in [1.29, 1.82) is 0 Å². The number of amides is 2. The predicted molar refractivity (Wildman–Crippen MR) is 107 cm³/mol. The number of aromatic nitrogens is 1. The van der Waals surface area contributed by atoms with E-state index < -0.39 is 17.8 Å². The molecule has 1 unspecified atom stereocenters. The summed E-state index contributed by atoms with van der Waals surface area (Å²) in [7, 11) is 0. The lowest BCUT2D eigenvalue weighted by Crippen LogP contribution is -2.34. The van der Waals surface area contributed by atoms with Crippen LogP contribution < -0.4 is 10.6 Å². The maximum atomic E-state index is 12.0. The van der Waals surface area contributed by atoms with Crippen LogP contribution >= 0.6 is 0 Å². The molecule has 0 aliphatic rings. The highest BCUT2D eigenvalue weighted by molar-refractivity contribution is 5.85. The zero-order valence-electron chi connectivity index (χ0n) is 16.7. The number of anilines is 1. The minimum atomic E-state index is -0.589. The first-order chi connectivity index (χ1) is 13.2. The van der Waals surface area contributed by atoms with Gasteiger partial charge in [0.1, 0.15) is 12.2 Å². The number of nitrogens with zero attached hydrogens (tertiary/aromatic N) is 1. The summed E-state index contributed by atoms with van der Waals surface area (Å²) >= 11 is 0.